The molecule has 0 aliphatic rings. The molecule has 0 aliphatic carbocycles. The van der Waals surface area contributed by atoms with Gasteiger partial charge in [0.15, 0.2) is 0 Å². The van der Waals surface area contributed by atoms with Gasteiger partial charge in [-0.05, 0) is 26.7 Å². The normalized spacial score (nSPS) is 13.5. The molecule has 0 aliphatic heterocycles. The van der Waals surface area contributed by atoms with Crippen LogP contribution in [0.5, 0.6) is 0 Å². The van der Waals surface area contributed by atoms with E-state index in [9.17, 15) is 4.79 Å². The number of esters is 1. The molecule has 0 spiro atoms. The van der Waals surface area contributed by atoms with Crippen molar-refractivity contribution in [3.63, 3.8) is 0 Å². The molecule has 0 bridgehead atoms. The van der Waals surface area contributed by atoms with Crippen LogP contribution in [0.1, 0.15) is 41.0 Å². The van der Waals surface area contributed by atoms with Crippen LogP contribution in [0.25, 0.3) is 4.85 Å². The third kappa shape index (κ3) is 5.58. The van der Waals surface area contributed by atoms with Crippen molar-refractivity contribution in [2.75, 3.05) is 0 Å². The Morgan fingerprint density at radius 1 is 1.43 bits per heavy atom. The zero-order valence-corrected chi connectivity index (χ0v) is 9.63. The Morgan fingerprint density at radius 2 is 1.93 bits per heavy atom. The minimum atomic E-state index is -0.644. The molecule has 0 saturated heterocycles. The van der Waals surface area contributed by atoms with E-state index in [1.54, 1.807) is 20.8 Å². The predicted molar refractivity (Wildman–Crippen MR) is 55.7 cm³/mol. The minimum absolute atomic E-state index is 0.335. The lowest BCUT2D eigenvalue weighted by Crippen LogP contribution is -2.30. The van der Waals surface area contributed by atoms with E-state index >= 15 is 0 Å². The van der Waals surface area contributed by atoms with Crippen LogP contribution in [0.4, 0.5) is 0 Å². The van der Waals surface area contributed by atoms with Crippen LogP contribution in [0.3, 0.4) is 0 Å². The number of hydrogen-bond donors (Lipinski definition) is 0. The van der Waals surface area contributed by atoms with Gasteiger partial charge in [-0.15, -0.1) is 0 Å². The summed E-state index contributed by atoms with van der Waals surface area (Å²) in [6.45, 7) is 16.3. The summed E-state index contributed by atoms with van der Waals surface area (Å²) in [6.07, 6.45) is 0.568. The van der Waals surface area contributed by atoms with Gasteiger partial charge in [-0.3, -0.25) is 0 Å². The third-order valence-corrected chi connectivity index (χ3v) is 1.53. The number of carbonyl (C=O) groups is 1. The van der Waals surface area contributed by atoms with Crippen LogP contribution in [-0.2, 0) is 9.53 Å². The molecule has 0 heterocycles. The first-order valence-electron chi connectivity index (χ1n) is 4.85. The highest BCUT2D eigenvalue weighted by Gasteiger charge is 2.29. The highest BCUT2D eigenvalue weighted by atomic mass is 16.6. The van der Waals surface area contributed by atoms with Crippen molar-refractivity contribution in [1.29, 1.82) is 0 Å². The molecule has 14 heavy (non-hydrogen) atoms. The maximum Gasteiger partial charge on any atom is 0.390 e. The van der Waals surface area contributed by atoms with Gasteiger partial charge in [0, 0.05) is 6.42 Å². The molecule has 0 aromatic heterocycles. The van der Waals surface area contributed by atoms with Gasteiger partial charge in [-0.2, -0.15) is 0 Å². The topological polar surface area (TPSA) is 30.7 Å². The maximum atomic E-state index is 11.5. The Balaban J connectivity index is 4.28. The summed E-state index contributed by atoms with van der Waals surface area (Å²) in [4.78, 5) is 14.8. The average Bonchev–Trinajstić information content (AvgIpc) is 1.96. The summed E-state index contributed by atoms with van der Waals surface area (Å²) in [7, 11) is 0. The van der Waals surface area contributed by atoms with Crippen molar-refractivity contribution in [3.8, 4) is 0 Å². The fourth-order valence-electron chi connectivity index (χ4n) is 1.02. The molecule has 0 saturated carbocycles. The molecule has 0 rings (SSSR count). The largest absolute Gasteiger partial charge is 0.454 e. The summed E-state index contributed by atoms with van der Waals surface area (Å²) in [5.41, 5.74) is -0.503. The van der Waals surface area contributed by atoms with Crippen LogP contribution in [-0.4, -0.2) is 17.6 Å². The van der Waals surface area contributed by atoms with Crippen molar-refractivity contribution in [2.45, 2.75) is 52.7 Å². The molecule has 0 fully saturated rings. The SMILES string of the molecule is [C-]#[N+][C@@H](CC(C)C)C(=O)OC(C)(C)C. The van der Waals surface area contributed by atoms with Crippen molar-refractivity contribution in [3.05, 3.63) is 11.4 Å². The Morgan fingerprint density at radius 3 is 2.21 bits per heavy atom. The van der Waals surface area contributed by atoms with Gasteiger partial charge in [0.2, 0.25) is 0 Å². The van der Waals surface area contributed by atoms with E-state index in [0.717, 1.165) is 0 Å². The van der Waals surface area contributed by atoms with Gasteiger partial charge in [-0.25, -0.2) is 11.4 Å². The predicted octanol–water partition coefficient (Wildman–Crippen LogP) is 2.66. The summed E-state index contributed by atoms with van der Waals surface area (Å²) in [5, 5.41) is 0. The van der Waals surface area contributed by atoms with E-state index in [1.165, 1.54) is 0 Å². The van der Waals surface area contributed by atoms with Gasteiger partial charge in [0.1, 0.15) is 5.60 Å². The Bertz CT molecular complexity index is 233. The zero-order valence-electron chi connectivity index (χ0n) is 9.63. The fraction of sp³-hybridized carbons (Fsp3) is 0.818. The first kappa shape index (κ1) is 13.0. The lowest BCUT2D eigenvalue weighted by atomic mass is 10.0. The Labute approximate surface area is 86.3 Å². The first-order valence-corrected chi connectivity index (χ1v) is 4.85. The lowest BCUT2D eigenvalue weighted by Gasteiger charge is -2.20. The summed E-state index contributed by atoms with van der Waals surface area (Å²) < 4.78 is 5.14. The standard InChI is InChI=1S/C11H19NO2/c1-8(2)7-9(12-6)10(13)14-11(3,4)5/h8-9H,7H2,1-5H3/t9-/m0/s1. The molecule has 0 aromatic carbocycles. The van der Waals surface area contributed by atoms with Crippen molar-refractivity contribution < 1.29 is 9.53 Å². The lowest BCUT2D eigenvalue weighted by molar-refractivity contribution is -0.155. The number of hydrogen-bond acceptors (Lipinski definition) is 2. The molecule has 0 unspecified atom stereocenters. The van der Waals surface area contributed by atoms with Crippen LogP contribution >= 0.6 is 0 Å². The van der Waals surface area contributed by atoms with Gasteiger partial charge in [0.25, 0.3) is 0 Å². The summed E-state index contributed by atoms with van der Waals surface area (Å²) >= 11 is 0. The van der Waals surface area contributed by atoms with Crippen molar-refractivity contribution >= 4 is 5.97 Å². The third-order valence-electron chi connectivity index (χ3n) is 1.53. The molecule has 3 heteroatoms. The second-order valence-electron chi connectivity index (χ2n) is 4.81. The molecule has 0 radical (unpaired) electrons. The molecular formula is C11H19NO2. The van der Waals surface area contributed by atoms with Crippen molar-refractivity contribution in [1.82, 2.24) is 0 Å². The quantitative estimate of drug-likeness (QED) is 0.514. The van der Waals surface area contributed by atoms with E-state index < -0.39 is 17.6 Å². The van der Waals surface area contributed by atoms with Crippen LogP contribution in [0.15, 0.2) is 0 Å². The van der Waals surface area contributed by atoms with Crippen molar-refractivity contribution in [2.24, 2.45) is 5.92 Å². The smallest absolute Gasteiger partial charge is 0.390 e. The van der Waals surface area contributed by atoms with E-state index in [1.807, 2.05) is 13.8 Å². The molecule has 0 N–H and O–H groups in total. The van der Waals surface area contributed by atoms with E-state index in [4.69, 9.17) is 11.3 Å². The zero-order chi connectivity index (χ0) is 11.4. The monoisotopic (exact) mass is 197 g/mol. The van der Waals surface area contributed by atoms with E-state index in [-0.39, 0.29) is 0 Å². The minimum Gasteiger partial charge on any atom is -0.454 e. The highest BCUT2D eigenvalue weighted by molar-refractivity contribution is 5.78. The van der Waals surface area contributed by atoms with E-state index in [2.05, 4.69) is 4.85 Å². The number of nitrogens with zero attached hydrogens (tertiary/aromatic N) is 1. The second kappa shape index (κ2) is 4.99. The highest BCUT2D eigenvalue weighted by Crippen LogP contribution is 2.14. The molecule has 1 atom stereocenters. The molecule has 80 valence electrons. The van der Waals surface area contributed by atoms with Crippen LogP contribution in [0, 0.1) is 12.5 Å². The summed E-state index contributed by atoms with van der Waals surface area (Å²) in [5.74, 6) is -0.0668. The van der Waals surface area contributed by atoms with Gasteiger partial charge in [0.05, 0.1) is 0 Å². The van der Waals surface area contributed by atoms with Crippen LogP contribution < -0.4 is 0 Å². The first-order chi connectivity index (χ1) is 6.26. The number of rotatable bonds is 3. The molecule has 0 aromatic rings. The van der Waals surface area contributed by atoms with Crippen LogP contribution in [0.2, 0.25) is 0 Å². The Hall–Kier alpha value is -1.04. The summed E-state index contributed by atoms with van der Waals surface area (Å²) in [6, 6.07) is -0.644. The van der Waals surface area contributed by atoms with Gasteiger partial charge < -0.3 is 9.58 Å². The number of carbonyl (C=O) groups excluding carboxylic acids is 1. The van der Waals surface area contributed by atoms with Gasteiger partial charge in [-0.1, -0.05) is 13.8 Å². The average molecular weight is 197 g/mol. The molecule has 0 amide bonds. The number of ether oxygens (including phenoxy) is 1. The van der Waals surface area contributed by atoms with Gasteiger partial charge >= 0.3 is 12.0 Å². The second-order valence-corrected chi connectivity index (χ2v) is 4.81. The molecule has 3 nitrogen and oxygen atoms in total. The molecular weight excluding hydrogens is 178 g/mol. The Kier molecular flexibility index (Phi) is 4.62. The van der Waals surface area contributed by atoms with E-state index in [0.29, 0.717) is 12.3 Å². The maximum absolute atomic E-state index is 11.5. The fourth-order valence-corrected chi connectivity index (χ4v) is 1.02.